The molecule has 0 aliphatic carbocycles. The molecular formula is C25H30ClN3O2. The maximum atomic E-state index is 13.1. The summed E-state index contributed by atoms with van der Waals surface area (Å²) >= 11 is 6.34. The lowest BCUT2D eigenvalue weighted by Crippen LogP contribution is -2.36. The van der Waals surface area contributed by atoms with E-state index >= 15 is 0 Å². The molecule has 1 aromatic heterocycles. The fourth-order valence-corrected chi connectivity index (χ4v) is 3.63. The molecular weight excluding hydrogens is 410 g/mol. The molecule has 0 bridgehead atoms. The highest BCUT2D eigenvalue weighted by molar-refractivity contribution is 6.31. The normalized spacial score (nSPS) is 10.8. The first-order valence-electron chi connectivity index (χ1n) is 10.6. The Kier molecular flexibility index (Phi) is 8.56. The standard InChI is InChI=1S/C25H30ClN3O2/c1-3-20-11-13-22(14-12-20)27-25(30)29(16-7-17-31-2)19-23-9-6-15-28(23)18-21-8-4-5-10-24(21)26/h4-6,8-15H,3,7,16-19H2,1-2H3,(H,27,30). The molecule has 0 aliphatic rings. The second-order valence-electron chi connectivity index (χ2n) is 7.47. The number of ether oxygens (including phenoxy) is 1. The smallest absolute Gasteiger partial charge is 0.322 e. The Balaban J connectivity index is 1.72. The van der Waals surface area contributed by atoms with Gasteiger partial charge in [-0.2, -0.15) is 0 Å². The van der Waals surface area contributed by atoms with E-state index in [4.69, 9.17) is 16.3 Å². The van der Waals surface area contributed by atoms with Crippen LogP contribution in [0, 0.1) is 0 Å². The minimum absolute atomic E-state index is 0.120. The van der Waals surface area contributed by atoms with Crippen molar-refractivity contribution in [1.29, 1.82) is 0 Å². The van der Waals surface area contributed by atoms with Crippen LogP contribution in [0.25, 0.3) is 0 Å². The van der Waals surface area contributed by atoms with Crippen LogP contribution < -0.4 is 5.32 Å². The van der Waals surface area contributed by atoms with E-state index in [1.54, 1.807) is 7.11 Å². The number of aryl methyl sites for hydroxylation is 1. The summed E-state index contributed by atoms with van der Waals surface area (Å²) in [5.74, 6) is 0. The molecule has 0 aliphatic heterocycles. The van der Waals surface area contributed by atoms with Crippen LogP contribution in [-0.4, -0.2) is 35.8 Å². The Labute approximate surface area is 189 Å². The highest BCUT2D eigenvalue weighted by Crippen LogP contribution is 2.19. The molecule has 0 radical (unpaired) electrons. The van der Waals surface area contributed by atoms with E-state index in [1.807, 2.05) is 71.8 Å². The maximum absolute atomic E-state index is 13.1. The number of amides is 2. The van der Waals surface area contributed by atoms with Crippen molar-refractivity contribution in [3.63, 3.8) is 0 Å². The van der Waals surface area contributed by atoms with Crippen molar-refractivity contribution in [3.05, 3.63) is 88.7 Å². The fourth-order valence-electron chi connectivity index (χ4n) is 3.43. The fraction of sp³-hybridized carbons (Fsp3) is 0.320. The zero-order valence-electron chi connectivity index (χ0n) is 18.2. The summed E-state index contributed by atoms with van der Waals surface area (Å²) in [4.78, 5) is 14.9. The third kappa shape index (κ3) is 6.61. The van der Waals surface area contributed by atoms with Gasteiger partial charge in [-0.25, -0.2) is 4.79 Å². The van der Waals surface area contributed by atoms with Crippen LogP contribution in [0.5, 0.6) is 0 Å². The minimum Gasteiger partial charge on any atom is -0.385 e. The van der Waals surface area contributed by atoms with E-state index in [-0.39, 0.29) is 6.03 Å². The van der Waals surface area contributed by atoms with Crippen LogP contribution in [0.4, 0.5) is 10.5 Å². The van der Waals surface area contributed by atoms with E-state index in [1.165, 1.54) is 5.56 Å². The summed E-state index contributed by atoms with van der Waals surface area (Å²) in [6, 6.07) is 19.7. The molecule has 1 heterocycles. The van der Waals surface area contributed by atoms with E-state index in [9.17, 15) is 4.79 Å². The van der Waals surface area contributed by atoms with Gasteiger partial charge in [0.2, 0.25) is 0 Å². The zero-order chi connectivity index (χ0) is 22.1. The van der Waals surface area contributed by atoms with Gasteiger partial charge in [0.15, 0.2) is 0 Å². The molecule has 6 heteroatoms. The van der Waals surface area contributed by atoms with Crippen molar-refractivity contribution < 1.29 is 9.53 Å². The van der Waals surface area contributed by atoms with Crippen LogP contribution >= 0.6 is 11.6 Å². The Morgan fingerprint density at radius 1 is 1.10 bits per heavy atom. The molecule has 3 aromatic rings. The number of urea groups is 1. The number of rotatable bonds is 10. The quantitative estimate of drug-likeness (QED) is 0.404. The largest absolute Gasteiger partial charge is 0.385 e. The van der Waals surface area contributed by atoms with Crippen LogP contribution in [0.15, 0.2) is 66.9 Å². The first kappa shape index (κ1) is 22.9. The first-order chi connectivity index (χ1) is 15.1. The number of aromatic nitrogens is 1. The molecule has 0 saturated carbocycles. The van der Waals surface area contributed by atoms with Crippen molar-refractivity contribution in [1.82, 2.24) is 9.47 Å². The van der Waals surface area contributed by atoms with Crippen molar-refractivity contribution in [2.75, 3.05) is 25.6 Å². The molecule has 31 heavy (non-hydrogen) atoms. The number of anilines is 1. The highest BCUT2D eigenvalue weighted by Gasteiger charge is 2.16. The number of nitrogens with one attached hydrogen (secondary N) is 1. The number of halogens is 1. The van der Waals surface area contributed by atoms with Crippen molar-refractivity contribution in [2.24, 2.45) is 0 Å². The van der Waals surface area contributed by atoms with Gasteiger partial charge in [-0.3, -0.25) is 0 Å². The number of benzene rings is 2. The average molecular weight is 440 g/mol. The van der Waals surface area contributed by atoms with Gasteiger partial charge in [0.1, 0.15) is 0 Å². The average Bonchev–Trinajstić information content (AvgIpc) is 3.22. The molecule has 0 saturated heterocycles. The predicted octanol–water partition coefficient (Wildman–Crippen LogP) is 5.82. The molecule has 164 valence electrons. The molecule has 3 rings (SSSR count). The number of carbonyl (C=O) groups excluding carboxylic acids is 1. The summed E-state index contributed by atoms with van der Waals surface area (Å²) in [5.41, 5.74) is 4.14. The molecule has 0 spiro atoms. The zero-order valence-corrected chi connectivity index (χ0v) is 18.9. The lowest BCUT2D eigenvalue weighted by molar-refractivity contribution is 0.171. The lowest BCUT2D eigenvalue weighted by Gasteiger charge is -2.24. The number of hydrogen-bond acceptors (Lipinski definition) is 2. The Morgan fingerprint density at radius 2 is 1.87 bits per heavy atom. The summed E-state index contributed by atoms with van der Waals surface area (Å²) in [6.45, 7) is 4.48. The second-order valence-corrected chi connectivity index (χ2v) is 7.87. The highest BCUT2D eigenvalue weighted by atomic mass is 35.5. The number of carbonyl (C=O) groups is 1. The number of methoxy groups -OCH3 is 1. The maximum Gasteiger partial charge on any atom is 0.322 e. The van der Waals surface area contributed by atoms with Crippen LogP contribution in [0.1, 0.15) is 30.2 Å². The van der Waals surface area contributed by atoms with E-state index < -0.39 is 0 Å². The first-order valence-corrected chi connectivity index (χ1v) is 11.0. The van der Waals surface area contributed by atoms with Crippen LogP contribution in [0.3, 0.4) is 0 Å². The third-order valence-electron chi connectivity index (χ3n) is 5.25. The van der Waals surface area contributed by atoms with Crippen molar-refractivity contribution >= 4 is 23.3 Å². The lowest BCUT2D eigenvalue weighted by atomic mass is 10.1. The summed E-state index contributed by atoms with van der Waals surface area (Å²) in [7, 11) is 1.68. The topological polar surface area (TPSA) is 46.5 Å². The Hall–Kier alpha value is -2.76. The SMILES string of the molecule is CCc1ccc(NC(=O)N(CCCOC)Cc2cccn2Cc2ccccc2Cl)cc1. The molecule has 5 nitrogen and oxygen atoms in total. The molecule has 1 N–H and O–H groups in total. The molecule has 0 fully saturated rings. The monoisotopic (exact) mass is 439 g/mol. The van der Waals surface area contributed by atoms with Gasteiger partial charge >= 0.3 is 6.03 Å². The van der Waals surface area contributed by atoms with Gasteiger partial charge in [-0.15, -0.1) is 0 Å². The van der Waals surface area contributed by atoms with E-state index in [0.717, 1.165) is 34.8 Å². The second kappa shape index (κ2) is 11.6. The molecule has 2 aromatic carbocycles. The molecule has 0 unspecified atom stereocenters. The third-order valence-corrected chi connectivity index (χ3v) is 5.62. The van der Waals surface area contributed by atoms with Gasteiger partial charge in [-0.05, 0) is 54.3 Å². The van der Waals surface area contributed by atoms with Gasteiger partial charge in [0, 0.05) is 49.4 Å². The van der Waals surface area contributed by atoms with Gasteiger partial charge in [0.05, 0.1) is 6.54 Å². The Bertz CT molecular complexity index is 969. The van der Waals surface area contributed by atoms with Crippen molar-refractivity contribution in [2.45, 2.75) is 32.9 Å². The van der Waals surface area contributed by atoms with Gasteiger partial charge in [-0.1, -0.05) is 48.9 Å². The summed E-state index contributed by atoms with van der Waals surface area (Å²) < 4.78 is 7.32. The number of hydrogen-bond donors (Lipinski definition) is 1. The van der Waals surface area contributed by atoms with E-state index in [2.05, 4.69) is 16.8 Å². The van der Waals surface area contributed by atoms with Crippen LogP contribution in [-0.2, 0) is 24.2 Å². The van der Waals surface area contributed by atoms with Crippen molar-refractivity contribution in [3.8, 4) is 0 Å². The Morgan fingerprint density at radius 3 is 2.58 bits per heavy atom. The number of nitrogens with zero attached hydrogens (tertiary/aromatic N) is 2. The summed E-state index contributed by atoms with van der Waals surface area (Å²) in [5, 5.41) is 3.77. The van der Waals surface area contributed by atoms with Crippen LogP contribution in [0.2, 0.25) is 5.02 Å². The minimum atomic E-state index is -0.120. The van der Waals surface area contributed by atoms with Gasteiger partial charge < -0.3 is 19.5 Å². The van der Waals surface area contributed by atoms with Gasteiger partial charge in [0.25, 0.3) is 0 Å². The summed E-state index contributed by atoms with van der Waals surface area (Å²) in [6.07, 6.45) is 3.76. The van der Waals surface area contributed by atoms with E-state index in [0.29, 0.717) is 26.2 Å². The molecule has 0 atom stereocenters. The molecule has 2 amide bonds. The predicted molar refractivity (Wildman–Crippen MR) is 127 cm³/mol.